The Balaban J connectivity index is 1.53. The summed E-state index contributed by atoms with van der Waals surface area (Å²) >= 11 is 6.84. The number of carbonyl (C=O) groups excluding carboxylic acids is 1. The van der Waals surface area contributed by atoms with Gasteiger partial charge in [-0.25, -0.2) is 0 Å². The smallest absolute Gasteiger partial charge is 0.266 e. The summed E-state index contributed by atoms with van der Waals surface area (Å²) in [5.41, 5.74) is 4.79. The summed E-state index contributed by atoms with van der Waals surface area (Å²) in [5.74, 6) is 0.640. The molecule has 1 amide bonds. The number of carbonyl (C=O) groups is 1. The molecule has 0 bridgehead atoms. The van der Waals surface area contributed by atoms with Gasteiger partial charge in [-0.1, -0.05) is 79.4 Å². The Morgan fingerprint density at radius 3 is 2.62 bits per heavy atom. The van der Waals surface area contributed by atoms with E-state index in [4.69, 9.17) is 16.6 Å². The van der Waals surface area contributed by atoms with Crippen LogP contribution in [0.3, 0.4) is 0 Å². The molecule has 2 aromatic heterocycles. The first-order valence-corrected chi connectivity index (χ1v) is 11.8. The molecule has 3 heterocycles. The molecule has 1 aliphatic heterocycles. The lowest BCUT2D eigenvalue weighted by Gasteiger charge is -2.11. The highest BCUT2D eigenvalue weighted by atomic mass is 32.2. The number of nitrogens with zero attached hydrogens (tertiary/aromatic N) is 2. The van der Waals surface area contributed by atoms with Gasteiger partial charge in [-0.3, -0.25) is 9.69 Å². The molecule has 1 fully saturated rings. The zero-order chi connectivity index (χ0) is 22.1. The molecule has 160 valence electrons. The molecule has 0 aliphatic carbocycles. The van der Waals surface area contributed by atoms with Crippen LogP contribution in [0.15, 0.2) is 82.4 Å². The number of thioether (sulfide) groups is 1. The molecule has 1 aliphatic rings. The summed E-state index contributed by atoms with van der Waals surface area (Å²) in [7, 11) is 0. The number of benzene rings is 2. The molecule has 0 saturated carbocycles. The van der Waals surface area contributed by atoms with E-state index in [9.17, 15) is 4.79 Å². The molecular weight excluding hydrogens is 436 g/mol. The summed E-state index contributed by atoms with van der Waals surface area (Å²) in [6.45, 7) is 3.31. The van der Waals surface area contributed by atoms with Crippen molar-refractivity contribution in [1.29, 1.82) is 0 Å². The van der Waals surface area contributed by atoms with Crippen molar-refractivity contribution in [3.05, 3.63) is 100 Å². The van der Waals surface area contributed by atoms with Crippen LogP contribution >= 0.6 is 24.0 Å². The topological polar surface area (TPSA) is 38.4 Å². The molecule has 4 nitrogen and oxygen atoms in total. The fourth-order valence-electron chi connectivity index (χ4n) is 4.11. The standard InChI is InChI=1S/C26H22N2O2S2/c1-2-19-10-6-12-22-20(16-27(24(19)22)15-18-8-4-3-5-9-18)14-23-25(29)28(26(31)32-23)17-21-11-7-13-30-21/h3-14,16H,2,15,17H2,1H3/b23-14-. The average Bonchev–Trinajstić information content (AvgIpc) is 3.51. The second-order valence-electron chi connectivity index (χ2n) is 7.71. The second-order valence-corrected chi connectivity index (χ2v) is 9.39. The quantitative estimate of drug-likeness (QED) is 0.253. The van der Waals surface area contributed by atoms with Crippen LogP contribution < -0.4 is 0 Å². The molecule has 0 atom stereocenters. The van der Waals surface area contributed by atoms with Gasteiger partial charge in [0.15, 0.2) is 0 Å². The Labute approximate surface area is 196 Å². The number of thiocarbonyl (C=S) groups is 1. The first-order chi connectivity index (χ1) is 15.6. The number of furan rings is 1. The lowest BCUT2D eigenvalue weighted by Crippen LogP contribution is -2.27. The second kappa shape index (κ2) is 8.81. The summed E-state index contributed by atoms with van der Waals surface area (Å²) in [5, 5.41) is 1.15. The maximum atomic E-state index is 13.1. The fourth-order valence-corrected chi connectivity index (χ4v) is 5.35. The van der Waals surface area contributed by atoms with Crippen molar-refractivity contribution in [2.24, 2.45) is 0 Å². The van der Waals surface area contributed by atoms with E-state index < -0.39 is 0 Å². The highest BCUT2D eigenvalue weighted by Crippen LogP contribution is 2.36. The first kappa shape index (κ1) is 20.8. The van der Waals surface area contributed by atoms with Gasteiger partial charge < -0.3 is 8.98 Å². The Hall–Kier alpha value is -3.09. The highest BCUT2D eigenvalue weighted by molar-refractivity contribution is 8.26. The molecule has 32 heavy (non-hydrogen) atoms. The number of fused-ring (bicyclic) bond motifs is 1. The largest absolute Gasteiger partial charge is 0.467 e. The monoisotopic (exact) mass is 458 g/mol. The fraction of sp³-hybridized carbons (Fsp3) is 0.154. The van der Waals surface area contributed by atoms with E-state index in [2.05, 4.69) is 60.2 Å². The van der Waals surface area contributed by atoms with E-state index in [1.807, 2.05) is 24.3 Å². The maximum Gasteiger partial charge on any atom is 0.266 e. The van der Waals surface area contributed by atoms with Crippen LogP contribution in [-0.2, 0) is 24.3 Å². The van der Waals surface area contributed by atoms with E-state index in [0.29, 0.717) is 15.8 Å². The van der Waals surface area contributed by atoms with E-state index in [-0.39, 0.29) is 5.91 Å². The van der Waals surface area contributed by atoms with Crippen molar-refractivity contribution in [3.8, 4) is 0 Å². The Bertz CT molecular complexity index is 1320. The van der Waals surface area contributed by atoms with Crippen molar-refractivity contribution in [2.45, 2.75) is 26.4 Å². The minimum Gasteiger partial charge on any atom is -0.467 e. The van der Waals surface area contributed by atoms with Gasteiger partial charge >= 0.3 is 0 Å². The molecule has 6 heteroatoms. The minimum absolute atomic E-state index is 0.0768. The van der Waals surface area contributed by atoms with Gasteiger partial charge in [-0.05, 0) is 35.8 Å². The number of para-hydroxylation sites is 1. The molecule has 0 radical (unpaired) electrons. The van der Waals surface area contributed by atoms with Gasteiger partial charge in [0.2, 0.25) is 0 Å². The molecule has 4 aromatic rings. The first-order valence-electron chi connectivity index (χ1n) is 10.6. The lowest BCUT2D eigenvalue weighted by atomic mass is 10.1. The zero-order valence-corrected chi connectivity index (χ0v) is 19.3. The summed E-state index contributed by atoms with van der Waals surface area (Å²) in [6, 6.07) is 20.5. The van der Waals surface area contributed by atoms with Gasteiger partial charge in [0.1, 0.15) is 10.1 Å². The molecule has 2 aromatic carbocycles. The molecule has 5 rings (SSSR count). The number of aromatic nitrogens is 1. The maximum absolute atomic E-state index is 13.1. The van der Waals surface area contributed by atoms with E-state index in [0.717, 1.165) is 29.7 Å². The van der Waals surface area contributed by atoms with Crippen LogP contribution in [-0.4, -0.2) is 19.7 Å². The molecule has 1 saturated heterocycles. The Morgan fingerprint density at radius 2 is 1.88 bits per heavy atom. The van der Waals surface area contributed by atoms with Crippen LogP contribution in [0.5, 0.6) is 0 Å². The van der Waals surface area contributed by atoms with Gasteiger partial charge in [-0.2, -0.15) is 0 Å². The minimum atomic E-state index is -0.0768. The number of hydrogen-bond acceptors (Lipinski definition) is 4. The predicted octanol–water partition coefficient (Wildman–Crippen LogP) is 6.25. The number of aryl methyl sites for hydroxylation is 1. The SMILES string of the molecule is CCc1cccc2c(/C=C3\SC(=S)N(Cc4ccco4)C3=O)cn(Cc3ccccc3)c12. The van der Waals surface area contributed by atoms with Crippen molar-refractivity contribution in [2.75, 3.05) is 0 Å². The number of rotatable bonds is 6. The van der Waals surface area contributed by atoms with Crippen LogP contribution in [0.1, 0.15) is 29.4 Å². The Kier molecular flexibility index (Phi) is 5.72. The van der Waals surface area contributed by atoms with Gasteiger partial charge in [0.25, 0.3) is 5.91 Å². The highest BCUT2D eigenvalue weighted by Gasteiger charge is 2.32. The van der Waals surface area contributed by atoms with Crippen molar-refractivity contribution >= 4 is 51.2 Å². The molecule has 0 N–H and O–H groups in total. The van der Waals surface area contributed by atoms with E-state index >= 15 is 0 Å². The molecule has 0 spiro atoms. The van der Waals surface area contributed by atoms with Crippen molar-refractivity contribution in [1.82, 2.24) is 9.47 Å². The zero-order valence-electron chi connectivity index (χ0n) is 17.7. The van der Waals surface area contributed by atoms with Crippen molar-refractivity contribution in [3.63, 3.8) is 0 Å². The van der Waals surface area contributed by atoms with Crippen LogP contribution in [0, 0.1) is 0 Å². The average molecular weight is 459 g/mol. The Morgan fingerprint density at radius 1 is 1.03 bits per heavy atom. The molecule has 0 unspecified atom stereocenters. The summed E-state index contributed by atoms with van der Waals surface area (Å²) in [6.07, 6.45) is 6.68. The van der Waals surface area contributed by atoms with Gasteiger partial charge in [0, 0.05) is 23.7 Å². The summed E-state index contributed by atoms with van der Waals surface area (Å²) in [4.78, 5) is 15.3. The van der Waals surface area contributed by atoms with Crippen molar-refractivity contribution < 1.29 is 9.21 Å². The third-order valence-corrected chi connectivity index (χ3v) is 7.02. The number of amides is 1. The molecular formula is C26H22N2O2S2. The third kappa shape index (κ3) is 3.92. The predicted molar refractivity (Wildman–Crippen MR) is 134 cm³/mol. The van der Waals surface area contributed by atoms with Crippen LogP contribution in [0.2, 0.25) is 0 Å². The van der Waals surface area contributed by atoms with Crippen LogP contribution in [0.4, 0.5) is 0 Å². The van der Waals surface area contributed by atoms with Crippen LogP contribution in [0.25, 0.3) is 17.0 Å². The number of hydrogen-bond donors (Lipinski definition) is 0. The van der Waals surface area contributed by atoms with E-state index in [1.54, 1.807) is 11.2 Å². The third-order valence-electron chi connectivity index (χ3n) is 5.64. The van der Waals surface area contributed by atoms with Gasteiger partial charge in [-0.15, -0.1) is 0 Å². The van der Waals surface area contributed by atoms with E-state index in [1.165, 1.54) is 28.4 Å². The van der Waals surface area contributed by atoms with Gasteiger partial charge in [0.05, 0.1) is 23.2 Å². The normalized spacial score (nSPS) is 15.4. The summed E-state index contributed by atoms with van der Waals surface area (Å²) < 4.78 is 8.25. The lowest BCUT2D eigenvalue weighted by molar-refractivity contribution is -0.122.